The quantitative estimate of drug-likeness (QED) is 0.309. The fourth-order valence-corrected chi connectivity index (χ4v) is 3.74. The van der Waals surface area contributed by atoms with Crippen LogP contribution in [0.3, 0.4) is 0 Å². The highest BCUT2D eigenvalue weighted by molar-refractivity contribution is 5.84. The smallest absolute Gasteiger partial charge is 0.328 e. The highest BCUT2D eigenvalue weighted by Crippen LogP contribution is 2.38. The van der Waals surface area contributed by atoms with Gasteiger partial charge in [0, 0.05) is 13.0 Å². The molecular weight excluding hydrogens is 436 g/mol. The number of benzene rings is 2. The second-order valence-electron chi connectivity index (χ2n) is 7.72. The number of ether oxygens (including phenoxy) is 3. The van der Waals surface area contributed by atoms with Crippen LogP contribution in [-0.4, -0.2) is 39.4 Å². The molecule has 0 spiro atoms. The van der Waals surface area contributed by atoms with Gasteiger partial charge < -0.3 is 24.8 Å². The van der Waals surface area contributed by atoms with E-state index in [1.54, 1.807) is 21.1 Å². The second kappa shape index (κ2) is 11.4. The highest BCUT2D eigenvalue weighted by atomic mass is 16.5. The number of hydrogen-bond donors (Lipinski definition) is 2. The molecule has 0 saturated heterocycles. The number of anilines is 2. The Kier molecular flexibility index (Phi) is 8.29. The zero-order valence-electron chi connectivity index (χ0n) is 19.9. The van der Waals surface area contributed by atoms with Crippen LogP contribution in [-0.2, 0) is 16.0 Å². The number of esters is 1. The summed E-state index contributed by atoms with van der Waals surface area (Å²) >= 11 is 0. The van der Waals surface area contributed by atoms with Crippen LogP contribution in [0.15, 0.2) is 52.1 Å². The van der Waals surface area contributed by atoms with Gasteiger partial charge in [-0.2, -0.15) is 0 Å². The summed E-state index contributed by atoms with van der Waals surface area (Å²) in [7, 11) is 3.21. The van der Waals surface area contributed by atoms with Gasteiger partial charge in [-0.15, -0.1) is 0 Å². The van der Waals surface area contributed by atoms with E-state index in [4.69, 9.17) is 14.2 Å². The summed E-state index contributed by atoms with van der Waals surface area (Å²) in [5.41, 5.74) is 1.72. The Hall–Kier alpha value is -3.81. The number of carbonyl (C=O) groups excluding carboxylic acids is 1. The maximum absolute atomic E-state index is 12.6. The summed E-state index contributed by atoms with van der Waals surface area (Å²) < 4.78 is 16.2. The van der Waals surface area contributed by atoms with Gasteiger partial charge >= 0.3 is 5.97 Å². The van der Waals surface area contributed by atoms with Crippen LogP contribution in [0.1, 0.15) is 25.8 Å². The SMILES string of the molecule is CCCNc1c(NC(Cc2ccc(-c3c(OC)cccc3OC)cc2)C(=O)OCC)c(=O)c1=O. The molecule has 180 valence electrons. The molecule has 0 radical (unpaired) electrons. The van der Waals surface area contributed by atoms with E-state index in [9.17, 15) is 14.4 Å². The molecule has 0 fully saturated rings. The minimum atomic E-state index is -0.822. The lowest BCUT2D eigenvalue weighted by atomic mass is 9.99. The maximum Gasteiger partial charge on any atom is 0.328 e. The average Bonchev–Trinajstić information content (AvgIpc) is 2.87. The van der Waals surface area contributed by atoms with Crippen molar-refractivity contribution in [1.29, 1.82) is 0 Å². The van der Waals surface area contributed by atoms with Crippen LogP contribution in [0, 0.1) is 0 Å². The largest absolute Gasteiger partial charge is 0.496 e. The summed E-state index contributed by atoms with van der Waals surface area (Å²) in [6.45, 7) is 4.43. The Labute approximate surface area is 198 Å². The zero-order valence-corrected chi connectivity index (χ0v) is 19.9. The standard InChI is InChI=1S/C26H30N2O6/c1-5-14-27-22-23(25(30)24(22)29)28-18(26(31)34-6-2)15-16-10-12-17(13-11-16)21-19(32-3)8-7-9-20(21)33-4/h7-13,18,27-28H,5-6,14-15H2,1-4H3. The van der Waals surface area contributed by atoms with Crippen molar-refractivity contribution in [3.05, 3.63) is 68.5 Å². The van der Waals surface area contributed by atoms with Gasteiger partial charge in [0.2, 0.25) is 0 Å². The van der Waals surface area contributed by atoms with Crippen molar-refractivity contribution in [1.82, 2.24) is 0 Å². The predicted octanol–water partition coefficient (Wildman–Crippen LogP) is 3.38. The number of rotatable bonds is 12. The van der Waals surface area contributed by atoms with E-state index in [0.717, 1.165) is 23.1 Å². The molecule has 0 aromatic heterocycles. The minimum Gasteiger partial charge on any atom is -0.496 e. The van der Waals surface area contributed by atoms with Crippen molar-refractivity contribution in [3.63, 3.8) is 0 Å². The van der Waals surface area contributed by atoms with Gasteiger partial charge in [0.25, 0.3) is 10.9 Å². The first-order valence-corrected chi connectivity index (χ1v) is 11.3. The van der Waals surface area contributed by atoms with Crippen molar-refractivity contribution in [2.24, 2.45) is 0 Å². The average molecular weight is 467 g/mol. The number of hydrogen-bond acceptors (Lipinski definition) is 8. The zero-order chi connectivity index (χ0) is 24.7. The van der Waals surface area contributed by atoms with Crippen molar-refractivity contribution in [2.75, 3.05) is 38.0 Å². The lowest BCUT2D eigenvalue weighted by Gasteiger charge is -2.21. The molecular formula is C26H30N2O6. The van der Waals surface area contributed by atoms with Gasteiger partial charge in [-0.05, 0) is 36.6 Å². The van der Waals surface area contributed by atoms with E-state index in [-0.39, 0.29) is 24.4 Å². The minimum absolute atomic E-state index is 0.131. The monoisotopic (exact) mass is 466 g/mol. The van der Waals surface area contributed by atoms with Crippen LogP contribution < -0.4 is 31.0 Å². The van der Waals surface area contributed by atoms with Gasteiger partial charge in [-0.1, -0.05) is 37.3 Å². The number of carbonyl (C=O) groups is 1. The van der Waals surface area contributed by atoms with E-state index in [1.165, 1.54) is 0 Å². The summed E-state index contributed by atoms with van der Waals surface area (Å²) in [5, 5.41) is 5.90. The molecule has 0 aliphatic rings. The molecule has 8 nitrogen and oxygen atoms in total. The lowest BCUT2D eigenvalue weighted by Crippen LogP contribution is -2.43. The summed E-state index contributed by atoms with van der Waals surface area (Å²) in [6, 6.07) is 12.4. The molecule has 2 N–H and O–H groups in total. The van der Waals surface area contributed by atoms with E-state index in [1.807, 2.05) is 49.4 Å². The first kappa shape index (κ1) is 24.8. The van der Waals surface area contributed by atoms with Crippen molar-refractivity contribution >= 4 is 17.3 Å². The van der Waals surface area contributed by atoms with Crippen LogP contribution in [0.25, 0.3) is 11.1 Å². The molecule has 0 bridgehead atoms. The molecule has 0 amide bonds. The highest BCUT2D eigenvalue weighted by Gasteiger charge is 2.27. The molecule has 8 heteroatoms. The summed E-state index contributed by atoms with van der Waals surface area (Å²) in [5.74, 6) is 0.878. The first-order chi connectivity index (χ1) is 16.4. The van der Waals surface area contributed by atoms with E-state index >= 15 is 0 Å². The van der Waals surface area contributed by atoms with Crippen molar-refractivity contribution in [3.8, 4) is 22.6 Å². The molecule has 34 heavy (non-hydrogen) atoms. The van der Waals surface area contributed by atoms with Crippen LogP contribution in [0.2, 0.25) is 0 Å². The molecule has 0 aliphatic carbocycles. The molecule has 1 unspecified atom stereocenters. The van der Waals surface area contributed by atoms with E-state index in [0.29, 0.717) is 18.0 Å². The normalized spacial score (nSPS) is 11.6. The Balaban J connectivity index is 1.85. The fourth-order valence-electron chi connectivity index (χ4n) is 3.74. The molecule has 0 aliphatic heterocycles. The number of nitrogens with one attached hydrogen (secondary N) is 2. The lowest BCUT2D eigenvalue weighted by molar-refractivity contribution is -0.144. The van der Waals surface area contributed by atoms with E-state index in [2.05, 4.69) is 10.6 Å². The third-order valence-corrected chi connectivity index (χ3v) is 5.46. The van der Waals surface area contributed by atoms with Gasteiger partial charge in [-0.25, -0.2) is 4.79 Å². The molecule has 3 rings (SSSR count). The van der Waals surface area contributed by atoms with Crippen LogP contribution in [0.4, 0.5) is 11.4 Å². The topological polar surface area (TPSA) is 103 Å². The number of methoxy groups -OCH3 is 2. The Morgan fingerprint density at radius 1 is 0.912 bits per heavy atom. The van der Waals surface area contributed by atoms with Gasteiger partial charge in [-0.3, -0.25) is 9.59 Å². The first-order valence-electron chi connectivity index (χ1n) is 11.3. The maximum atomic E-state index is 12.6. The molecule has 0 heterocycles. The van der Waals surface area contributed by atoms with Crippen molar-refractivity contribution in [2.45, 2.75) is 32.7 Å². The van der Waals surface area contributed by atoms with Gasteiger partial charge in [0.15, 0.2) is 0 Å². The van der Waals surface area contributed by atoms with Crippen molar-refractivity contribution < 1.29 is 19.0 Å². The third-order valence-electron chi connectivity index (χ3n) is 5.46. The van der Waals surface area contributed by atoms with Gasteiger partial charge in [0.05, 0.1) is 26.4 Å². The van der Waals surface area contributed by atoms with Gasteiger partial charge in [0.1, 0.15) is 28.9 Å². The predicted molar refractivity (Wildman–Crippen MR) is 133 cm³/mol. The molecule has 3 aromatic rings. The summed E-state index contributed by atoms with van der Waals surface area (Å²) in [6.07, 6.45) is 1.07. The van der Waals surface area contributed by atoms with Crippen LogP contribution >= 0.6 is 0 Å². The second-order valence-corrected chi connectivity index (χ2v) is 7.72. The molecule has 1 atom stereocenters. The summed E-state index contributed by atoms with van der Waals surface area (Å²) in [4.78, 5) is 36.7. The van der Waals surface area contributed by atoms with E-state index < -0.39 is 22.9 Å². The fraction of sp³-hybridized carbons (Fsp3) is 0.346. The Morgan fingerprint density at radius 3 is 2.09 bits per heavy atom. The van der Waals surface area contributed by atoms with Crippen LogP contribution in [0.5, 0.6) is 11.5 Å². The Morgan fingerprint density at radius 2 is 1.53 bits per heavy atom. The molecule has 3 aromatic carbocycles. The molecule has 0 saturated carbocycles. The Bertz CT molecular complexity index is 1170. The third kappa shape index (κ3) is 5.22.